The lowest BCUT2D eigenvalue weighted by Crippen LogP contribution is -2.49. The molecule has 1 N–H and O–H groups in total. The molecule has 0 aromatic carbocycles. The summed E-state index contributed by atoms with van der Waals surface area (Å²) in [5, 5.41) is 9.37. The maximum atomic E-state index is 9.37. The highest BCUT2D eigenvalue weighted by molar-refractivity contribution is 5.78. The van der Waals surface area contributed by atoms with Crippen LogP contribution in [0.4, 0.5) is 0 Å². The van der Waals surface area contributed by atoms with E-state index in [0.29, 0.717) is 0 Å². The second-order valence-corrected chi connectivity index (χ2v) is 5.92. The van der Waals surface area contributed by atoms with Crippen LogP contribution >= 0.6 is 0 Å². The van der Waals surface area contributed by atoms with Gasteiger partial charge in [-0.2, -0.15) is 0 Å². The normalized spacial score (nSPS) is 21.4. The third-order valence-corrected chi connectivity index (χ3v) is 4.25. The molecule has 0 saturated heterocycles. The molecule has 0 radical (unpaired) electrons. The topological polar surface area (TPSA) is 32.6 Å². The van der Waals surface area contributed by atoms with Crippen LogP contribution in [-0.2, 0) is 0 Å². The number of hydrogen-bond acceptors (Lipinski definition) is 2. The second-order valence-electron chi connectivity index (χ2n) is 5.92. The predicted octanol–water partition coefficient (Wildman–Crippen LogP) is 4.23. The maximum Gasteiger partial charge on any atom is 0.207 e. The number of amidine groups is 1. The number of rotatable bonds is 12. The van der Waals surface area contributed by atoms with Gasteiger partial charge in [0, 0.05) is 6.42 Å². The van der Waals surface area contributed by atoms with Gasteiger partial charge in [0.1, 0.15) is 12.7 Å². The molecule has 0 amide bonds. The fraction of sp³-hybridized carbons (Fsp3) is 0.824. The molecule has 0 saturated carbocycles. The molecule has 116 valence electrons. The molecule has 1 unspecified atom stereocenters. The highest BCUT2D eigenvalue weighted by Crippen LogP contribution is 2.22. The van der Waals surface area contributed by atoms with Gasteiger partial charge in [0.05, 0.1) is 19.4 Å². The van der Waals surface area contributed by atoms with Crippen LogP contribution in [0.2, 0.25) is 0 Å². The molecule has 1 aliphatic heterocycles. The van der Waals surface area contributed by atoms with E-state index in [9.17, 15) is 5.11 Å². The van der Waals surface area contributed by atoms with E-state index in [1.54, 1.807) is 0 Å². The zero-order valence-corrected chi connectivity index (χ0v) is 13.5. The number of nitrogens with zero attached hydrogens (tertiary/aromatic N) is 2. The summed E-state index contributed by atoms with van der Waals surface area (Å²) in [6.45, 7) is 6.59. The maximum absolute atomic E-state index is 9.37. The molecule has 1 atom stereocenters. The van der Waals surface area contributed by atoms with E-state index in [-0.39, 0.29) is 6.61 Å². The Bertz CT molecular complexity index is 312. The van der Waals surface area contributed by atoms with Gasteiger partial charge in [-0.3, -0.25) is 0 Å². The number of aliphatic hydroxyl groups is 1. The molecule has 1 heterocycles. The summed E-state index contributed by atoms with van der Waals surface area (Å²) in [6, 6.07) is 0. The first-order valence-corrected chi connectivity index (χ1v) is 8.51. The van der Waals surface area contributed by atoms with Crippen molar-refractivity contribution in [1.82, 2.24) is 0 Å². The van der Waals surface area contributed by atoms with Gasteiger partial charge in [0.2, 0.25) is 5.84 Å². The Kier molecular flexibility index (Phi) is 8.79. The minimum atomic E-state index is 0.240. The van der Waals surface area contributed by atoms with Crippen LogP contribution in [-0.4, -0.2) is 35.1 Å². The van der Waals surface area contributed by atoms with Gasteiger partial charge in [-0.05, 0) is 12.8 Å². The minimum Gasteiger partial charge on any atom is -0.390 e. The Morgan fingerprint density at radius 1 is 0.950 bits per heavy atom. The van der Waals surface area contributed by atoms with Crippen LogP contribution in [0.15, 0.2) is 17.4 Å². The molecule has 3 nitrogen and oxygen atoms in total. The van der Waals surface area contributed by atoms with Crippen molar-refractivity contribution in [2.75, 3.05) is 19.7 Å². The number of aliphatic hydroxyl groups excluding tert-OH is 1. The summed E-state index contributed by atoms with van der Waals surface area (Å²) in [5.74, 6) is 1.27. The molecule has 1 rings (SSSR count). The van der Waals surface area contributed by atoms with Gasteiger partial charge in [-0.1, -0.05) is 52.4 Å². The molecule has 0 aromatic heterocycles. The Morgan fingerprint density at radius 2 is 1.65 bits per heavy atom. The second kappa shape index (κ2) is 10.1. The van der Waals surface area contributed by atoms with Crippen molar-refractivity contribution in [3.63, 3.8) is 0 Å². The van der Waals surface area contributed by atoms with E-state index >= 15 is 0 Å². The number of quaternary nitrogens is 1. The van der Waals surface area contributed by atoms with E-state index in [2.05, 4.69) is 25.0 Å². The first-order valence-electron chi connectivity index (χ1n) is 8.51. The lowest BCUT2D eigenvalue weighted by molar-refractivity contribution is -0.788. The lowest BCUT2D eigenvalue weighted by atomic mass is 10.1. The van der Waals surface area contributed by atoms with Crippen molar-refractivity contribution >= 4 is 5.84 Å². The van der Waals surface area contributed by atoms with Gasteiger partial charge >= 0.3 is 0 Å². The molecule has 1 aliphatic rings. The van der Waals surface area contributed by atoms with Crippen LogP contribution in [0.5, 0.6) is 0 Å². The molecule has 0 aromatic rings. The van der Waals surface area contributed by atoms with Crippen LogP contribution in [0.3, 0.4) is 0 Å². The largest absolute Gasteiger partial charge is 0.390 e. The van der Waals surface area contributed by atoms with E-state index in [0.717, 1.165) is 24.0 Å². The Labute approximate surface area is 125 Å². The smallest absolute Gasteiger partial charge is 0.207 e. The summed E-state index contributed by atoms with van der Waals surface area (Å²) in [5.41, 5.74) is 0. The van der Waals surface area contributed by atoms with Gasteiger partial charge < -0.3 is 5.11 Å². The van der Waals surface area contributed by atoms with Crippen LogP contribution < -0.4 is 0 Å². The minimum absolute atomic E-state index is 0.240. The third kappa shape index (κ3) is 5.37. The number of unbranched alkanes of at least 4 members (excludes halogenated alkanes) is 6. The molecule has 3 heteroatoms. The van der Waals surface area contributed by atoms with E-state index < -0.39 is 0 Å². The van der Waals surface area contributed by atoms with Crippen molar-refractivity contribution in [3.8, 4) is 0 Å². The van der Waals surface area contributed by atoms with Crippen LogP contribution in [0.25, 0.3) is 0 Å². The molecular weight excluding hydrogens is 248 g/mol. The van der Waals surface area contributed by atoms with Crippen LogP contribution in [0.1, 0.15) is 71.6 Å². The van der Waals surface area contributed by atoms with Gasteiger partial charge in [0.25, 0.3) is 0 Å². The van der Waals surface area contributed by atoms with Gasteiger partial charge in [-0.15, -0.1) is 0 Å². The fourth-order valence-electron chi connectivity index (χ4n) is 2.94. The monoisotopic (exact) mass is 281 g/mol. The van der Waals surface area contributed by atoms with Crippen LogP contribution in [0, 0.1) is 0 Å². The number of hydrogen-bond donors (Lipinski definition) is 1. The summed E-state index contributed by atoms with van der Waals surface area (Å²) >= 11 is 0. The standard InChI is InChI=1S/C17H33N2O/c1-3-5-7-8-9-10-11-17-18-12-14-19(17,15-16-20)13-6-4-2/h12,14,20H,3-11,13,15-16H2,1-2H3/q+1. The Morgan fingerprint density at radius 3 is 2.35 bits per heavy atom. The fourth-order valence-corrected chi connectivity index (χ4v) is 2.94. The molecule has 20 heavy (non-hydrogen) atoms. The highest BCUT2D eigenvalue weighted by atomic mass is 16.3. The molecule has 0 bridgehead atoms. The summed E-state index contributed by atoms with van der Waals surface area (Å²) < 4.78 is 0.805. The predicted molar refractivity (Wildman–Crippen MR) is 86.6 cm³/mol. The SMILES string of the molecule is CCCCCCCCC1=NC=C[N+]1(CCO)CCCC. The van der Waals surface area contributed by atoms with E-state index in [1.807, 2.05) is 6.20 Å². The molecule has 0 spiro atoms. The van der Waals surface area contributed by atoms with Crippen molar-refractivity contribution in [3.05, 3.63) is 12.4 Å². The van der Waals surface area contributed by atoms with Gasteiger partial charge in [-0.25, -0.2) is 9.48 Å². The average Bonchev–Trinajstić information content (AvgIpc) is 2.84. The lowest BCUT2D eigenvalue weighted by Gasteiger charge is -2.32. The Balaban J connectivity index is 2.38. The summed E-state index contributed by atoms with van der Waals surface area (Å²) in [7, 11) is 0. The van der Waals surface area contributed by atoms with Crippen molar-refractivity contribution in [1.29, 1.82) is 0 Å². The van der Waals surface area contributed by atoms with Crippen molar-refractivity contribution < 1.29 is 9.59 Å². The third-order valence-electron chi connectivity index (χ3n) is 4.25. The summed E-state index contributed by atoms with van der Waals surface area (Å²) in [4.78, 5) is 4.59. The van der Waals surface area contributed by atoms with Gasteiger partial charge in [0.15, 0.2) is 0 Å². The quantitative estimate of drug-likeness (QED) is 0.421. The molecular formula is C17H33N2O+. The highest BCUT2D eigenvalue weighted by Gasteiger charge is 2.33. The average molecular weight is 281 g/mol. The first kappa shape index (κ1) is 17.4. The van der Waals surface area contributed by atoms with Crippen molar-refractivity contribution in [2.45, 2.75) is 71.6 Å². The summed E-state index contributed by atoms with van der Waals surface area (Å²) in [6.07, 6.45) is 15.5. The zero-order chi connectivity index (χ0) is 14.7. The molecule has 0 fully saturated rings. The Hall–Kier alpha value is -0.670. The van der Waals surface area contributed by atoms with E-state index in [1.165, 1.54) is 57.2 Å². The first-order chi connectivity index (χ1) is 9.79. The molecule has 0 aliphatic carbocycles. The number of aliphatic imine (C=N–C) groups is 1. The zero-order valence-electron chi connectivity index (χ0n) is 13.5. The van der Waals surface area contributed by atoms with Crippen molar-refractivity contribution in [2.24, 2.45) is 4.99 Å². The van der Waals surface area contributed by atoms with E-state index in [4.69, 9.17) is 0 Å².